The molecule has 2 aromatic heterocycles. The highest BCUT2D eigenvalue weighted by Gasteiger charge is 2.42. The van der Waals surface area contributed by atoms with Gasteiger partial charge in [-0.05, 0) is 119 Å². The Kier molecular flexibility index (Phi) is 7.89. The van der Waals surface area contributed by atoms with Gasteiger partial charge in [0.25, 0.3) is 0 Å². The molecule has 2 aromatic carbocycles. The summed E-state index contributed by atoms with van der Waals surface area (Å²) in [5, 5.41) is 4.27. The Morgan fingerprint density at radius 3 is 2.23 bits per heavy atom. The lowest BCUT2D eigenvalue weighted by Crippen LogP contribution is -2.29. The summed E-state index contributed by atoms with van der Waals surface area (Å²) in [6, 6.07) is 25.2. The van der Waals surface area contributed by atoms with Crippen molar-refractivity contribution in [2.75, 3.05) is 29.5 Å². The number of ether oxygens (including phenoxy) is 1. The van der Waals surface area contributed by atoms with Gasteiger partial charge >= 0.3 is 0 Å². The number of thiocarbonyl (C=S) groups is 1. The van der Waals surface area contributed by atoms with Crippen molar-refractivity contribution in [2.24, 2.45) is 0 Å². The van der Waals surface area contributed by atoms with Gasteiger partial charge < -0.3 is 24.4 Å². The molecule has 1 N–H and O–H groups in total. The van der Waals surface area contributed by atoms with Gasteiger partial charge in [0.15, 0.2) is 5.11 Å². The molecule has 3 heterocycles. The van der Waals surface area contributed by atoms with Crippen molar-refractivity contribution in [2.45, 2.75) is 46.7 Å². The van der Waals surface area contributed by atoms with Gasteiger partial charge in [0.05, 0.1) is 24.4 Å². The zero-order valence-electron chi connectivity index (χ0n) is 23.4. The quantitative estimate of drug-likeness (QED) is 0.233. The van der Waals surface area contributed by atoms with Crippen LogP contribution < -0.4 is 19.9 Å². The monoisotopic (exact) mass is 539 g/mol. The second kappa shape index (κ2) is 11.5. The summed E-state index contributed by atoms with van der Waals surface area (Å²) in [5.74, 6) is 0.850. The molecule has 2 atom stereocenters. The van der Waals surface area contributed by atoms with Crippen LogP contribution in [-0.2, 0) is 0 Å². The van der Waals surface area contributed by atoms with Crippen molar-refractivity contribution in [3.05, 3.63) is 102 Å². The van der Waals surface area contributed by atoms with Crippen molar-refractivity contribution in [1.82, 2.24) is 14.9 Å². The van der Waals surface area contributed by atoms with E-state index in [1.165, 1.54) is 22.6 Å². The van der Waals surface area contributed by atoms with Gasteiger partial charge in [0.1, 0.15) is 5.75 Å². The average molecular weight is 540 g/mol. The van der Waals surface area contributed by atoms with Crippen LogP contribution in [0.2, 0.25) is 0 Å². The number of hydrogen-bond donors (Lipinski definition) is 1. The molecule has 0 saturated carbocycles. The van der Waals surface area contributed by atoms with Gasteiger partial charge in [-0.3, -0.25) is 4.98 Å². The molecule has 1 aliphatic rings. The fraction of sp³-hybridized carbons (Fsp3) is 0.312. The molecule has 7 heteroatoms. The summed E-state index contributed by atoms with van der Waals surface area (Å²) in [7, 11) is 0. The van der Waals surface area contributed by atoms with Crippen molar-refractivity contribution >= 4 is 28.7 Å². The van der Waals surface area contributed by atoms with E-state index in [1.807, 2.05) is 37.4 Å². The lowest BCUT2D eigenvalue weighted by Gasteiger charge is -2.28. The number of aromatic nitrogens is 2. The minimum absolute atomic E-state index is 0.0692. The minimum Gasteiger partial charge on any atom is -0.494 e. The molecule has 6 nitrogen and oxygen atoms in total. The maximum Gasteiger partial charge on any atom is 0.174 e. The van der Waals surface area contributed by atoms with Crippen LogP contribution in [0.15, 0.2) is 79.0 Å². The topological polar surface area (TPSA) is 45.6 Å². The maximum atomic E-state index is 5.94. The van der Waals surface area contributed by atoms with Crippen molar-refractivity contribution in [3.63, 3.8) is 0 Å². The number of nitrogens with zero attached hydrogens (tertiary/aromatic N) is 4. The van der Waals surface area contributed by atoms with E-state index in [9.17, 15) is 0 Å². The average Bonchev–Trinajstić information content (AvgIpc) is 3.45. The van der Waals surface area contributed by atoms with E-state index in [-0.39, 0.29) is 12.1 Å². The molecule has 5 rings (SSSR count). The first-order valence-electron chi connectivity index (χ1n) is 13.7. The first-order valence-corrected chi connectivity index (χ1v) is 14.1. The third-order valence-corrected chi connectivity index (χ3v) is 7.86. The first kappa shape index (κ1) is 26.8. The van der Waals surface area contributed by atoms with E-state index in [4.69, 9.17) is 21.9 Å². The number of rotatable bonds is 9. The second-order valence-electron chi connectivity index (χ2n) is 9.77. The van der Waals surface area contributed by atoms with Crippen LogP contribution in [-0.4, -0.2) is 34.4 Å². The fourth-order valence-corrected chi connectivity index (χ4v) is 6.05. The van der Waals surface area contributed by atoms with E-state index in [0.29, 0.717) is 11.7 Å². The minimum atomic E-state index is -0.0933. The number of nitrogens with one attached hydrogen (secondary N) is 1. The molecular formula is C32H37N5OS. The van der Waals surface area contributed by atoms with E-state index < -0.39 is 0 Å². The van der Waals surface area contributed by atoms with Crippen LogP contribution in [0.5, 0.6) is 5.75 Å². The Labute approximate surface area is 237 Å². The lowest BCUT2D eigenvalue weighted by molar-refractivity contribution is 0.340. The zero-order chi connectivity index (χ0) is 27.5. The van der Waals surface area contributed by atoms with Crippen LogP contribution >= 0.6 is 12.2 Å². The number of anilines is 2. The highest BCUT2D eigenvalue weighted by molar-refractivity contribution is 7.80. The predicted molar refractivity (Wildman–Crippen MR) is 164 cm³/mol. The summed E-state index contributed by atoms with van der Waals surface area (Å²) in [5.41, 5.74) is 7.98. The third-order valence-electron chi connectivity index (χ3n) is 7.55. The van der Waals surface area contributed by atoms with E-state index >= 15 is 0 Å². The summed E-state index contributed by atoms with van der Waals surface area (Å²) in [6.45, 7) is 13.4. The van der Waals surface area contributed by atoms with Crippen LogP contribution in [0.25, 0.3) is 5.69 Å². The Bertz CT molecular complexity index is 1410. The fourth-order valence-electron chi connectivity index (χ4n) is 5.70. The molecule has 0 spiro atoms. The zero-order valence-corrected chi connectivity index (χ0v) is 24.2. The second-order valence-corrected chi connectivity index (χ2v) is 10.2. The summed E-state index contributed by atoms with van der Waals surface area (Å²) in [6.07, 6.45) is 1.84. The molecule has 0 unspecified atom stereocenters. The molecule has 39 heavy (non-hydrogen) atoms. The standard InChI is InChI=1S/C32H37N5OS/c1-6-35(7-2)24-12-14-25(15-13-24)36-22(4)21-28(23(36)5)31-30(29-11-9-10-20-33-29)34-32(39)37(31)26-16-18-27(19-17-26)38-8-3/h9-21,30-31H,6-8H2,1-5H3,(H,34,39)/t30-,31-/m1/s1. The largest absolute Gasteiger partial charge is 0.494 e. The van der Waals surface area contributed by atoms with E-state index in [0.717, 1.165) is 35.9 Å². The molecule has 202 valence electrons. The van der Waals surface area contributed by atoms with Crippen molar-refractivity contribution < 1.29 is 4.74 Å². The van der Waals surface area contributed by atoms with Gasteiger partial charge in [-0.2, -0.15) is 0 Å². The van der Waals surface area contributed by atoms with Crippen LogP contribution in [0.3, 0.4) is 0 Å². The van der Waals surface area contributed by atoms with Gasteiger partial charge in [-0.25, -0.2) is 0 Å². The number of aryl methyl sites for hydroxylation is 1. The SMILES string of the molecule is CCOc1ccc(N2C(=S)N[C@H](c3ccccn3)[C@H]2c2cc(C)n(-c3ccc(N(CC)CC)cc3)c2C)cc1. The highest BCUT2D eigenvalue weighted by Crippen LogP contribution is 2.44. The van der Waals surface area contributed by atoms with E-state index in [1.54, 1.807) is 0 Å². The highest BCUT2D eigenvalue weighted by atomic mass is 32.1. The number of hydrogen-bond acceptors (Lipinski definition) is 4. The third kappa shape index (κ3) is 5.11. The van der Waals surface area contributed by atoms with Gasteiger partial charge in [0, 0.05) is 47.7 Å². The lowest BCUT2D eigenvalue weighted by atomic mass is 9.96. The van der Waals surface area contributed by atoms with Crippen molar-refractivity contribution in [1.29, 1.82) is 0 Å². The van der Waals surface area contributed by atoms with Crippen LogP contribution in [0.4, 0.5) is 11.4 Å². The molecule has 1 saturated heterocycles. The van der Waals surface area contributed by atoms with Gasteiger partial charge in [-0.1, -0.05) is 6.07 Å². The van der Waals surface area contributed by atoms with Crippen molar-refractivity contribution in [3.8, 4) is 11.4 Å². The Balaban J connectivity index is 1.59. The molecule has 0 bridgehead atoms. The van der Waals surface area contributed by atoms with Gasteiger partial charge in [-0.15, -0.1) is 0 Å². The number of benzene rings is 2. The normalized spacial score (nSPS) is 16.8. The first-order chi connectivity index (χ1) is 19.0. The maximum absolute atomic E-state index is 5.94. The Morgan fingerprint density at radius 1 is 0.923 bits per heavy atom. The van der Waals surface area contributed by atoms with Crippen LogP contribution in [0.1, 0.15) is 55.5 Å². The smallest absolute Gasteiger partial charge is 0.174 e. The molecule has 0 aliphatic carbocycles. The predicted octanol–water partition coefficient (Wildman–Crippen LogP) is 6.91. The molecule has 4 aromatic rings. The molecule has 1 aliphatic heterocycles. The van der Waals surface area contributed by atoms with Crippen LogP contribution in [0, 0.1) is 13.8 Å². The molecule has 0 radical (unpaired) electrons. The molecular weight excluding hydrogens is 502 g/mol. The summed E-state index contributed by atoms with van der Waals surface area (Å²) >= 11 is 5.94. The van der Waals surface area contributed by atoms with E-state index in [2.05, 4.69) is 95.9 Å². The number of pyridine rings is 1. The Morgan fingerprint density at radius 2 is 1.62 bits per heavy atom. The molecule has 1 fully saturated rings. The van der Waals surface area contributed by atoms with Gasteiger partial charge in [0.2, 0.25) is 0 Å². The molecule has 0 amide bonds. The summed E-state index contributed by atoms with van der Waals surface area (Å²) < 4.78 is 8.04. The summed E-state index contributed by atoms with van der Waals surface area (Å²) in [4.78, 5) is 9.30. The Hall–Kier alpha value is -3.84.